The van der Waals surface area contributed by atoms with Gasteiger partial charge in [0.25, 0.3) is 0 Å². The molecule has 0 aliphatic carbocycles. The van der Waals surface area contributed by atoms with E-state index in [9.17, 15) is 4.79 Å². The molecule has 0 fully saturated rings. The summed E-state index contributed by atoms with van der Waals surface area (Å²) in [5, 5.41) is 7.43. The lowest BCUT2D eigenvalue weighted by atomic mass is 10.1. The second-order valence-electron chi connectivity index (χ2n) is 6.77. The van der Waals surface area contributed by atoms with Gasteiger partial charge in [0.2, 0.25) is 0 Å². The van der Waals surface area contributed by atoms with E-state index in [1.807, 2.05) is 67.6 Å². The van der Waals surface area contributed by atoms with Gasteiger partial charge in [0.15, 0.2) is 0 Å². The zero-order valence-electron chi connectivity index (χ0n) is 16.0. The smallest absolute Gasteiger partial charge is 0.323 e. The standard InChI is InChI=1S/C23H20ClN3O2/c1-14-3-10-22(29-2)21(11-14)27-23(28)25-18-7-4-15(5-8-18)20-13-16-12-17(24)6-9-19(16)26-20/h3-13,26H,1-2H3,(H2,25,27,28). The second kappa shape index (κ2) is 7.89. The van der Waals surface area contributed by atoms with Crippen LogP contribution in [0.25, 0.3) is 22.2 Å². The maximum Gasteiger partial charge on any atom is 0.323 e. The molecule has 0 saturated carbocycles. The quantitative estimate of drug-likeness (QED) is 0.365. The molecule has 1 heterocycles. The number of hydrogen-bond acceptors (Lipinski definition) is 2. The maximum absolute atomic E-state index is 12.4. The maximum atomic E-state index is 12.4. The van der Waals surface area contributed by atoms with Crippen LogP contribution in [0.2, 0.25) is 5.02 Å². The van der Waals surface area contributed by atoms with Crippen LogP contribution in [-0.2, 0) is 0 Å². The van der Waals surface area contributed by atoms with Gasteiger partial charge < -0.3 is 20.4 Å². The molecular formula is C23H20ClN3O2. The molecule has 4 aromatic rings. The van der Waals surface area contributed by atoms with Gasteiger partial charge in [-0.1, -0.05) is 29.8 Å². The van der Waals surface area contributed by atoms with Gasteiger partial charge in [-0.3, -0.25) is 0 Å². The number of fused-ring (bicyclic) bond motifs is 1. The molecule has 4 rings (SSSR count). The molecule has 3 aromatic carbocycles. The molecule has 2 amide bonds. The number of rotatable bonds is 4. The molecule has 5 nitrogen and oxygen atoms in total. The van der Waals surface area contributed by atoms with E-state index in [1.54, 1.807) is 7.11 Å². The van der Waals surface area contributed by atoms with Crippen LogP contribution in [0.5, 0.6) is 5.75 Å². The third-order valence-corrected chi connectivity index (χ3v) is 4.87. The number of aromatic amines is 1. The Kier molecular flexibility index (Phi) is 5.14. The summed E-state index contributed by atoms with van der Waals surface area (Å²) >= 11 is 6.06. The van der Waals surface area contributed by atoms with Crippen molar-refractivity contribution in [3.8, 4) is 17.0 Å². The number of nitrogens with one attached hydrogen (secondary N) is 3. The highest BCUT2D eigenvalue weighted by atomic mass is 35.5. The fourth-order valence-electron chi connectivity index (χ4n) is 3.20. The van der Waals surface area contributed by atoms with Gasteiger partial charge >= 0.3 is 6.03 Å². The predicted octanol–water partition coefficient (Wildman–Crippen LogP) is 6.45. The van der Waals surface area contributed by atoms with Crippen LogP contribution in [0, 0.1) is 6.92 Å². The van der Waals surface area contributed by atoms with Gasteiger partial charge in [-0.25, -0.2) is 4.79 Å². The van der Waals surface area contributed by atoms with Gasteiger partial charge in [-0.15, -0.1) is 0 Å². The van der Waals surface area contributed by atoms with Gasteiger partial charge in [0, 0.05) is 27.3 Å². The molecule has 3 N–H and O–H groups in total. The van der Waals surface area contributed by atoms with Gasteiger partial charge in [-0.05, 0) is 66.6 Å². The van der Waals surface area contributed by atoms with Crippen molar-refractivity contribution in [1.82, 2.24) is 4.98 Å². The molecular weight excluding hydrogens is 386 g/mol. The lowest BCUT2D eigenvalue weighted by molar-refractivity contribution is 0.262. The zero-order chi connectivity index (χ0) is 20.4. The summed E-state index contributed by atoms with van der Waals surface area (Å²) < 4.78 is 5.29. The van der Waals surface area contributed by atoms with E-state index in [2.05, 4.69) is 21.7 Å². The van der Waals surface area contributed by atoms with E-state index >= 15 is 0 Å². The summed E-state index contributed by atoms with van der Waals surface area (Å²) in [6.07, 6.45) is 0. The molecule has 0 saturated heterocycles. The molecule has 0 unspecified atom stereocenters. The van der Waals surface area contributed by atoms with E-state index in [0.717, 1.165) is 27.7 Å². The number of H-pyrrole nitrogens is 1. The molecule has 6 heteroatoms. The number of hydrogen-bond donors (Lipinski definition) is 3. The van der Waals surface area contributed by atoms with Crippen LogP contribution in [0.4, 0.5) is 16.2 Å². The first kappa shape index (κ1) is 18.9. The number of carbonyl (C=O) groups is 1. The minimum Gasteiger partial charge on any atom is -0.495 e. The van der Waals surface area contributed by atoms with Crippen molar-refractivity contribution in [3.63, 3.8) is 0 Å². The normalized spacial score (nSPS) is 10.7. The van der Waals surface area contributed by atoms with Crippen molar-refractivity contribution in [2.45, 2.75) is 6.92 Å². The predicted molar refractivity (Wildman–Crippen MR) is 119 cm³/mol. The minimum absolute atomic E-state index is 0.332. The van der Waals surface area contributed by atoms with Crippen molar-refractivity contribution in [3.05, 3.63) is 77.3 Å². The Balaban J connectivity index is 1.47. The molecule has 1 aromatic heterocycles. The zero-order valence-corrected chi connectivity index (χ0v) is 16.8. The Hall–Kier alpha value is -3.44. The topological polar surface area (TPSA) is 66.2 Å². The average molecular weight is 406 g/mol. The summed E-state index contributed by atoms with van der Waals surface area (Å²) in [7, 11) is 1.57. The third-order valence-electron chi connectivity index (χ3n) is 4.64. The Morgan fingerprint density at radius 3 is 2.52 bits per heavy atom. The van der Waals surface area contributed by atoms with Crippen molar-refractivity contribution < 1.29 is 9.53 Å². The molecule has 0 aliphatic rings. The molecule has 0 bridgehead atoms. The van der Waals surface area contributed by atoms with Crippen LogP contribution in [0.15, 0.2) is 66.7 Å². The lowest BCUT2D eigenvalue weighted by Gasteiger charge is -2.12. The number of methoxy groups -OCH3 is 1. The number of benzene rings is 3. The van der Waals surface area contributed by atoms with E-state index in [-0.39, 0.29) is 6.03 Å². The summed E-state index contributed by atoms with van der Waals surface area (Å²) in [4.78, 5) is 15.7. The number of halogens is 1. The summed E-state index contributed by atoms with van der Waals surface area (Å²) in [6.45, 7) is 1.96. The van der Waals surface area contributed by atoms with E-state index in [1.165, 1.54) is 0 Å². The first-order valence-electron chi connectivity index (χ1n) is 9.13. The van der Waals surface area contributed by atoms with E-state index in [0.29, 0.717) is 22.1 Å². The lowest BCUT2D eigenvalue weighted by Crippen LogP contribution is -2.19. The largest absolute Gasteiger partial charge is 0.495 e. The van der Waals surface area contributed by atoms with Crippen molar-refractivity contribution in [2.24, 2.45) is 0 Å². The van der Waals surface area contributed by atoms with Gasteiger partial charge in [0.05, 0.1) is 12.8 Å². The third kappa shape index (κ3) is 4.20. The summed E-state index contributed by atoms with van der Waals surface area (Å²) in [5.41, 5.74) is 5.38. The molecule has 0 aliphatic heterocycles. The fraction of sp³-hybridized carbons (Fsp3) is 0.0870. The molecule has 0 radical (unpaired) electrons. The van der Waals surface area contributed by atoms with Gasteiger partial charge in [-0.2, -0.15) is 0 Å². The molecule has 29 heavy (non-hydrogen) atoms. The average Bonchev–Trinajstić information content (AvgIpc) is 3.12. The van der Waals surface area contributed by atoms with Crippen LogP contribution in [-0.4, -0.2) is 18.1 Å². The highest BCUT2D eigenvalue weighted by Crippen LogP contribution is 2.28. The summed E-state index contributed by atoms with van der Waals surface area (Å²) in [5.74, 6) is 0.611. The van der Waals surface area contributed by atoms with Crippen LogP contribution >= 0.6 is 11.6 Å². The molecule has 0 spiro atoms. The minimum atomic E-state index is -0.332. The van der Waals surface area contributed by atoms with Crippen LogP contribution in [0.1, 0.15) is 5.56 Å². The Morgan fingerprint density at radius 1 is 0.966 bits per heavy atom. The summed E-state index contributed by atoms with van der Waals surface area (Å²) in [6, 6.07) is 20.7. The molecule has 0 atom stereocenters. The number of aromatic nitrogens is 1. The monoisotopic (exact) mass is 405 g/mol. The first-order valence-corrected chi connectivity index (χ1v) is 9.51. The van der Waals surface area contributed by atoms with Gasteiger partial charge in [0.1, 0.15) is 5.75 Å². The number of urea groups is 1. The number of anilines is 2. The number of carbonyl (C=O) groups excluding carboxylic acids is 1. The Labute approximate surface area is 173 Å². The van der Waals surface area contributed by atoms with Crippen LogP contribution < -0.4 is 15.4 Å². The number of aryl methyl sites for hydroxylation is 1. The van der Waals surface area contributed by atoms with Crippen LogP contribution in [0.3, 0.4) is 0 Å². The highest BCUT2D eigenvalue weighted by molar-refractivity contribution is 6.31. The van der Waals surface area contributed by atoms with E-state index < -0.39 is 0 Å². The number of amides is 2. The highest BCUT2D eigenvalue weighted by Gasteiger charge is 2.09. The Bertz CT molecular complexity index is 1180. The SMILES string of the molecule is COc1ccc(C)cc1NC(=O)Nc1ccc(-c2cc3cc(Cl)ccc3[nH]2)cc1. The van der Waals surface area contributed by atoms with Crippen molar-refractivity contribution in [2.75, 3.05) is 17.7 Å². The van der Waals surface area contributed by atoms with E-state index in [4.69, 9.17) is 16.3 Å². The first-order chi connectivity index (χ1) is 14.0. The van der Waals surface area contributed by atoms with Crippen molar-refractivity contribution in [1.29, 1.82) is 0 Å². The number of ether oxygens (including phenoxy) is 1. The second-order valence-corrected chi connectivity index (χ2v) is 7.21. The fourth-order valence-corrected chi connectivity index (χ4v) is 3.38. The Morgan fingerprint density at radius 2 is 1.76 bits per heavy atom. The molecule has 146 valence electrons. The van der Waals surface area contributed by atoms with Crippen molar-refractivity contribution >= 4 is 39.9 Å².